The first kappa shape index (κ1) is 8.88. The largest absolute Gasteiger partial charge is 0.244 e. The summed E-state index contributed by atoms with van der Waals surface area (Å²) in [5.41, 5.74) is 6.02. The maximum absolute atomic E-state index is 3.06. The summed E-state index contributed by atoms with van der Waals surface area (Å²) in [4.78, 5) is 0. The van der Waals surface area contributed by atoms with Gasteiger partial charge in [-0.15, -0.1) is 0 Å². The Morgan fingerprint density at radius 2 is 1.89 bits per heavy atom. The molecule has 0 saturated carbocycles. The molecule has 0 aliphatic heterocycles. The van der Waals surface area contributed by atoms with Crippen molar-refractivity contribution in [1.82, 2.24) is 16.0 Å². The highest BCUT2D eigenvalue weighted by Gasteiger charge is 1.90. The van der Waals surface area contributed by atoms with Crippen LogP contribution in [0, 0.1) is 5.92 Å². The van der Waals surface area contributed by atoms with Crippen LogP contribution in [0.25, 0.3) is 0 Å². The molecule has 0 unspecified atom stereocenters. The second-order valence-electron chi connectivity index (χ2n) is 2.78. The second-order valence-corrected chi connectivity index (χ2v) is 2.78. The molecule has 0 heterocycles. The Bertz CT molecular complexity index is 53.3. The van der Waals surface area contributed by atoms with E-state index in [-0.39, 0.29) is 0 Å². The molecule has 0 amide bonds. The molecule has 0 aliphatic carbocycles. The Labute approximate surface area is 57.4 Å². The van der Waals surface area contributed by atoms with E-state index in [1.807, 2.05) is 19.1 Å². The molecular formula is C6H17N3. The third kappa shape index (κ3) is 7.88. The molecule has 2 N–H and O–H groups in total. The molecule has 0 aromatic heterocycles. The summed E-state index contributed by atoms with van der Waals surface area (Å²) in [6.45, 7) is 5.34. The van der Waals surface area contributed by atoms with Crippen molar-refractivity contribution in [1.29, 1.82) is 0 Å². The van der Waals surface area contributed by atoms with Gasteiger partial charge < -0.3 is 0 Å². The molecule has 3 nitrogen and oxygen atoms in total. The topological polar surface area (TPSA) is 27.3 Å². The third-order valence-electron chi connectivity index (χ3n) is 0.813. The van der Waals surface area contributed by atoms with E-state index in [0.29, 0.717) is 5.92 Å². The summed E-state index contributed by atoms with van der Waals surface area (Å²) in [5, 5.41) is 1.88. The van der Waals surface area contributed by atoms with Gasteiger partial charge in [-0.1, -0.05) is 13.8 Å². The standard InChI is InChI=1S/C6H17N3/c1-6(2)5-7-8-9(3)4/h6-8H,5H2,1-4H3. The van der Waals surface area contributed by atoms with Gasteiger partial charge in [0.15, 0.2) is 0 Å². The molecule has 9 heavy (non-hydrogen) atoms. The lowest BCUT2D eigenvalue weighted by molar-refractivity contribution is 0.229. The number of nitrogens with zero attached hydrogens (tertiary/aromatic N) is 1. The van der Waals surface area contributed by atoms with Crippen LogP contribution in [0.3, 0.4) is 0 Å². The van der Waals surface area contributed by atoms with Crippen LogP contribution in [0.15, 0.2) is 0 Å². The van der Waals surface area contributed by atoms with Gasteiger partial charge in [0.25, 0.3) is 0 Å². The lowest BCUT2D eigenvalue weighted by Gasteiger charge is -2.13. The van der Waals surface area contributed by atoms with Gasteiger partial charge in [0.2, 0.25) is 0 Å². The number of hydrazine groups is 2. The van der Waals surface area contributed by atoms with Gasteiger partial charge in [-0.2, -0.15) is 5.53 Å². The minimum Gasteiger partial charge on any atom is -0.244 e. The molecule has 0 atom stereocenters. The minimum absolute atomic E-state index is 0.692. The summed E-state index contributed by atoms with van der Waals surface area (Å²) in [6.07, 6.45) is 0. The van der Waals surface area contributed by atoms with Crippen molar-refractivity contribution >= 4 is 0 Å². The molecule has 0 aromatic carbocycles. The van der Waals surface area contributed by atoms with E-state index >= 15 is 0 Å². The highest BCUT2D eigenvalue weighted by molar-refractivity contribution is 4.43. The molecule has 0 spiro atoms. The molecule has 0 aromatic rings. The van der Waals surface area contributed by atoms with Gasteiger partial charge in [0.1, 0.15) is 0 Å². The molecule has 0 radical (unpaired) electrons. The normalized spacial score (nSPS) is 11.3. The number of hydrogen-bond acceptors (Lipinski definition) is 3. The SMILES string of the molecule is CC(C)CNNN(C)C. The van der Waals surface area contributed by atoms with Crippen molar-refractivity contribution in [2.24, 2.45) is 5.92 Å². The molecule has 56 valence electrons. The lowest BCUT2D eigenvalue weighted by atomic mass is 10.2. The average Bonchev–Trinajstić information content (AvgIpc) is 1.63. The van der Waals surface area contributed by atoms with Gasteiger partial charge >= 0.3 is 0 Å². The highest BCUT2D eigenvalue weighted by atomic mass is 15.7. The fraction of sp³-hybridized carbons (Fsp3) is 1.00. The van der Waals surface area contributed by atoms with Crippen molar-refractivity contribution < 1.29 is 0 Å². The highest BCUT2D eigenvalue weighted by Crippen LogP contribution is 1.84. The van der Waals surface area contributed by atoms with Crippen molar-refractivity contribution in [2.75, 3.05) is 20.6 Å². The summed E-state index contributed by atoms with van der Waals surface area (Å²) in [5.74, 6) is 0.692. The van der Waals surface area contributed by atoms with Gasteiger partial charge in [0.05, 0.1) is 0 Å². The predicted octanol–water partition coefficient (Wildman–Crippen LogP) is 0.213. The summed E-state index contributed by atoms with van der Waals surface area (Å²) in [6, 6.07) is 0. The molecule has 0 rings (SSSR count). The zero-order chi connectivity index (χ0) is 7.28. The Balaban J connectivity index is 2.91. The molecular weight excluding hydrogens is 114 g/mol. The second kappa shape index (κ2) is 4.73. The van der Waals surface area contributed by atoms with Gasteiger partial charge in [-0.25, -0.2) is 10.4 Å². The average molecular weight is 131 g/mol. The van der Waals surface area contributed by atoms with Crippen LogP contribution in [0.5, 0.6) is 0 Å². The number of rotatable bonds is 4. The van der Waals surface area contributed by atoms with Crippen LogP contribution in [0.4, 0.5) is 0 Å². The van der Waals surface area contributed by atoms with Crippen molar-refractivity contribution in [3.8, 4) is 0 Å². The zero-order valence-corrected chi connectivity index (χ0v) is 6.73. The van der Waals surface area contributed by atoms with Crippen LogP contribution >= 0.6 is 0 Å². The fourth-order valence-corrected chi connectivity index (χ4v) is 0.408. The summed E-state index contributed by atoms with van der Waals surface area (Å²) in [7, 11) is 3.90. The quantitative estimate of drug-likeness (QED) is 0.534. The van der Waals surface area contributed by atoms with Crippen LogP contribution in [-0.4, -0.2) is 25.6 Å². The summed E-state index contributed by atoms with van der Waals surface area (Å²) < 4.78 is 0. The van der Waals surface area contributed by atoms with Gasteiger partial charge in [-0.3, -0.25) is 0 Å². The van der Waals surface area contributed by atoms with Crippen molar-refractivity contribution in [2.45, 2.75) is 13.8 Å². The maximum Gasteiger partial charge on any atom is 0.0136 e. The lowest BCUT2D eigenvalue weighted by Crippen LogP contribution is -2.43. The van der Waals surface area contributed by atoms with E-state index in [1.54, 1.807) is 0 Å². The molecule has 0 aliphatic rings. The molecule has 0 bridgehead atoms. The first-order valence-corrected chi connectivity index (χ1v) is 3.28. The van der Waals surface area contributed by atoms with Crippen LogP contribution in [0.2, 0.25) is 0 Å². The van der Waals surface area contributed by atoms with E-state index in [4.69, 9.17) is 0 Å². The van der Waals surface area contributed by atoms with Crippen LogP contribution < -0.4 is 11.0 Å². The van der Waals surface area contributed by atoms with Crippen LogP contribution in [-0.2, 0) is 0 Å². The van der Waals surface area contributed by atoms with E-state index < -0.39 is 0 Å². The summed E-state index contributed by atoms with van der Waals surface area (Å²) >= 11 is 0. The first-order chi connectivity index (χ1) is 4.13. The monoisotopic (exact) mass is 131 g/mol. The number of nitrogens with one attached hydrogen (secondary N) is 2. The fourth-order valence-electron chi connectivity index (χ4n) is 0.408. The predicted molar refractivity (Wildman–Crippen MR) is 39.7 cm³/mol. The molecule has 3 heteroatoms. The van der Waals surface area contributed by atoms with E-state index in [2.05, 4.69) is 24.8 Å². The first-order valence-electron chi connectivity index (χ1n) is 3.28. The van der Waals surface area contributed by atoms with E-state index in [0.717, 1.165) is 6.54 Å². The Morgan fingerprint density at radius 3 is 2.22 bits per heavy atom. The molecule has 0 saturated heterocycles. The van der Waals surface area contributed by atoms with Gasteiger partial charge in [-0.05, 0) is 5.92 Å². The van der Waals surface area contributed by atoms with Crippen molar-refractivity contribution in [3.05, 3.63) is 0 Å². The van der Waals surface area contributed by atoms with Crippen molar-refractivity contribution in [3.63, 3.8) is 0 Å². The maximum atomic E-state index is 3.06. The van der Waals surface area contributed by atoms with Gasteiger partial charge in [0, 0.05) is 20.6 Å². The Kier molecular flexibility index (Phi) is 4.67. The number of hydrogen-bond donors (Lipinski definition) is 2. The zero-order valence-electron chi connectivity index (χ0n) is 6.73. The Morgan fingerprint density at radius 1 is 1.33 bits per heavy atom. The smallest absolute Gasteiger partial charge is 0.0136 e. The van der Waals surface area contributed by atoms with Crippen LogP contribution in [0.1, 0.15) is 13.8 Å². The molecule has 0 fully saturated rings. The Hall–Kier alpha value is -0.120. The van der Waals surface area contributed by atoms with E-state index in [1.165, 1.54) is 0 Å². The minimum atomic E-state index is 0.692. The third-order valence-corrected chi connectivity index (χ3v) is 0.813. The van der Waals surface area contributed by atoms with E-state index in [9.17, 15) is 0 Å².